The zero-order chi connectivity index (χ0) is 29.8. The number of piperidine rings is 1. The number of amides is 2. The molecule has 1 N–H and O–H groups in total. The quantitative estimate of drug-likeness (QED) is 0.248. The Balaban J connectivity index is 1.18. The van der Waals surface area contributed by atoms with Crippen molar-refractivity contribution < 1.29 is 14.0 Å². The molecule has 7 nitrogen and oxygen atoms in total. The molecule has 0 radical (unpaired) electrons. The summed E-state index contributed by atoms with van der Waals surface area (Å²) >= 11 is 6.11. The van der Waals surface area contributed by atoms with Crippen molar-refractivity contribution in [3.63, 3.8) is 0 Å². The lowest BCUT2D eigenvalue weighted by atomic mass is 9.97. The second-order valence-corrected chi connectivity index (χ2v) is 11.7. The summed E-state index contributed by atoms with van der Waals surface area (Å²) in [5.41, 5.74) is 4.79. The Kier molecular flexibility index (Phi) is 8.61. The number of benzene rings is 3. The summed E-state index contributed by atoms with van der Waals surface area (Å²) in [5, 5.41) is 4.20. The van der Waals surface area contributed by atoms with Crippen LogP contribution in [0.4, 0.5) is 5.69 Å². The fourth-order valence-corrected chi connectivity index (χ4v) is 6.12. The molecule has 3 aromatic carbocycles. The molecule has 2 fully saturated rings. The molecule has 0 unspecified atom stereocenters. The Bertz CT molecular complexity index is 1720. The van der Waals surface area contributed by atoms with Gasteiger partial charge in [0.2, 0.25) is 5.91 Å². The van der Waals surface area contributed by atoms with Gasteiger partial charge in [-0.2, -0.15) is 0 Å². The normalized spacial score (nSPS) is 16.0. The highest BCUT2D eigenvalue weighted by atomic mass is 35.5. The van der Waals surface area contributed by atoms with Crippen LogP contribution in [0, 0.1) is 0 Å². The first kappa shape index (κ1) is 28.7. The maximum Gasteiger partial charge on any atom is 0.287 e. The molecule has 8 heteroatoms. The Morgan fingerprint density at radius 2 is 1.67 bits per heavy atom. The predicted octanol–water partition coefficient (Wildman–Crippen LogP) is 6.14. The van der Waals surface area contributed by atoms with Crippen molar-refractivity contribution >= 4 is 40.1 Å². The number of nitrogens with one attached hydrogen (secondary N) is 1. The van der Waals surface area contributed by atoms with Crippen molar-refractivity contribution in [1.82, 2.24) is 10.2 Å². The van der Waals surface area contributed by atoms with Crippen LogP contribution >= 0.6 is 11.6 Å². The SMILES string of the molecule is O=C(N[C@@H](C=C1CCN(c2ccccc2CN2CCCC2=O)CC1)Cc1ccc(Cl)cc1)c1cc(=O)c2ccccc2o1. The Labute approximate surface area is 255 Å². The van der Waals surface area contributed by atoms with E-state index in [9.17, 15) is 14.4 Å². The van der Waals surface area contributed by atoms with Crippen LogP contribution in [-0.2, 0) is 17.8 Å². The van der Waals surface area contributed by atoms with Crippen LogP contribution < -0.4 is 15.6 Å². The summed E-state index contributed by atoms with van der Waals surface area (Å²) in [6.45, 7) is 3.16. The minimum absolute atomic E-state index is 0.00823. The number of nitrogens with zero attached hydrogens (tertiary/aromatic N) is 2. The molecular weight excluding hydrogens is 562 g/mol. The summed E-state index contributed by atoms with van der Waals surface area (Å²) < 4.78 is 5.81. The van der Waals surface area contributed by atoms with Gasteiger partial charge in [-0.05, 0) is 67.1 Å². The lowest BCUT2D eigenvalue weighted by molar-refractivity contribution is -0.128. The molecule has 220 valence electrons. The van der Waals surface area contributed by atoms with Crippen molar-refractivity contribution in [1.29, 1.82) is 0 Å². The predicted molar refractivity (Wildman–Crippen MR) is 170 cm³/mol. The van der Waals surface area contributed by atoms with Crippen LogP contribution in [0.3, 0.4) is 0 Å². The van der Waals surface area contributed by atoms with Gasteiger partial charge in [-0.1, -0.05) is 65.7 Å². The fourth-order valence-electron chi connectivity index (χ4n) is 6.00. The van der Waals surface area contributed by atoms with Gasteiger partial charge in [-0.3, -0.25) is 14.4 Å². The Morgan fingerprint density at radius 1 is 0.930 bits per heavy atom. The van der Waals surface area contributed by atoms with Crippen LogP contribution in [0.15, 0.2) is 99.7 Å². The molecule has 0 spiro atoms. The van der Waals surface area contributed by atoms with E-state index in [1.165, 1.54) is 22.9 Å². The highest BCUT2D eigenvalue weighted by molar-refractivity contribution is 6.30. The van der Waals surface area contributed by atoms with E-state index in [0.717, 1.165) is 44.5 Å². The minimum atomic E-state index is -0.429. The third kappa shape index (κ3) is 6.83. The van der Waals surface area contributed by atoms with Gasteiger partial charge in [0, 0.05) is 49.4 Å². The lowest BCUT2D eigenvalue weighted by Crippen LogP contribution is -2.37. The first-order valence-corrected chi connectivity index (χ1v) is 15.2. The highest BCUT2D eigenvalue weighted by Gasteiger charge is 2.24. The standard InChI is InChI=1S/C35H34ClN3O4/c36-27-13-11-24(12-14-27)20-28(37-35(42)33-22-31(40)29-7-2-4-9-32(29)43-33)21-25-15-18-38(19-16-25)30-8-3-1-6-26(30)23-39-17-5-10-34(39)41/h1-4,6-9,11-14,21-22,28H,5,10,15-20,23H2,(H,37,42)/t28-/m1/s1. The number of likely N-dealkylation sites (tertiary alicyclic amines) is 1. The third-order valence-corrected chi connectivity index (χ3v) is 8.50. The average molecular weight is 596 g/mol. The number of hydrogen-bond donors (Lipinski definition) is 1. The average Bonchev–Trinajstić information content (AvgIpc) is 3.42. The minimum Gasteiger partial charge on any atom is -0.451 e. The van der Waals surface area contributed by atoms with Gasteiger partial charge in [-0.15, -0.1) is 0 Å². The van der Waals surface area contributed by atoms with Crippen molar-refractivity contribution in [2.45, 2.75) is 44.7 Å². The van der Waals surface area contributed by atoms with Crippen LogP contribution in [0.1, 0.15) is 47.4 Å². The fraction of sp³-hybridized carbons (Fsp3) is 0.286. The maximum absolute atomic E-state index is 13.3. The molecule has 6 rings (SSSR count). The van der Waals surface area contributed by atoms with E-state index in [2.05, 4.69) is 34.5 Å². The van der Waals surface area contributed by atoms with E-state index in [1.54, 1.807) is 24.3 Å². The molecule has 0 aliphatic carbocycles. The van der Waals surface area contributed by atoms with E-state index in [1.807, 2.05) is 35.2 Å². The van der Waals surface area contributed by atoms with Gasteiger partial charge in [0.05, 0.1) is 11.4 Å². The van der Waals surface area contributed by atoms with Crippen LogP contribution in [0.5, 0.6) is 0 Å². The zero-order valence-electron chi connectivity index (χ0n) is 23.9. The lowest BCUT2D eigenvalue weighted by Gasteiger charge is -2.33. The molecule has 2 saturated heterocycles. The molecule has 43 heavy (non-hydrogen) atoms. The number of rotatable bonds is 8. The molecule has 4 aromatic rings. The van der Waals surface area contributed by atoms with Crippen molar-refractivity contribution in [3.05, 3.63) is 123 Å². The molecule has 3 heterocycles. The number of carbonyl (C=O) groups excluding carboxylic acids is 2. The highest BCUT2D eigenvalue weighted by Crippen LogP contribution is 2.28. The zero-order valence-corrected chi connectivity index (χ0v) is 24.7. The Morgan fingerprint density at radius 3 is 2.44 bits per heavy atom. The Hall–Kier alpha value is -4.36. The second-order valence-electron chi connectivity index (χ2n) is 11.2. The number of para-hydroxylation sites is 2. The van der Waals surface area contributed by atoms with Gasteiger partial charge in [0.1, 0.15) is 5.58 Å². The molecule has 2 aliphatic rings. The maximum atomic E-state index is 13.3. The van der Waals surface area contributed by atoms with Crippen molar-refractivity contribution in [2.24, 2.45) is 0 Å². The van der Waals surface area contributed by atoms with Gasteiger partial charge >= 0.3 is 0 Å². The molecule has 0 bridgehead atoms. The molecule has 2 aliphatic heterocycles. The first-order valence-electron chi connectivity index (χ1n) is 14.8. The molecular formula is C35H34ClN3O4. The summed E-state index contributed by atoms with van der Waals surface area (Å²) in [5.74, 6) is -0.206. The number of anilines is 1. The van der Waals surface area contributed by atoms with Crippen molar-refractivity contribution in [3.8, 4) is 0 Å². The van der Waals surface area contributed by atoms with E-state index >= 15 is 0 Å². The molecule has 1 aromatic heterocycles. The van der Waals surface area contributed by atoms with Gasteiger partial charge < -0.3 is 19.5 Å². The summed E-state index contributed by atoms with van der Waals surface area (Å²) in [6, 6.07) is 23.8. The molecule has 1 atom stereocenters. The van der Waals surface area contributed by atoms with E-state index in [-0.39, 0.29) is 23.1 Å². The van der Waals surface area contributed by atoms with E-state index in [4.69, 9.17) is 16.0 Å². The van der Waals surface area contributed by atoms with E-state index in [0.29, 0.717) is 35.4 Å². The van der Waals surface area contributed by atoms with E-state index < -0.39 is 5.91 Å². The van der Waals surface area contributed by atoms with Gasteiger partial charge in [-0.25, -0.2) is 0 Å². The monoisotopic (exact) mass is 595 g/mol. The smallest absolute Gasteiger partial charge is 0.287 e. The van der Waals surface area contributed by atoms with Gasteiger partial charge in [0.25, 0.3) is 5.91 Å². The largest absolute Gasteiger partial charge is 0.451 e. The number of fused-ring (bicyclic) bond motifs is 1. The molecule has 2 amide bonds. The third-order valence-electron chi connectivity index (χ3n) is 8.25. The first-order chi connectivity index (χ1) is 20.9. The topological polar surface area (TPSA) is 82.9 Å². The number of hydrogen-bond acceptors (Lipinski definition) is 5. The second kappa shape index (κ2) is 12.9. The summed E-state index contributed by atoms with van der Waals surface area (Å²) in [4.78, 5) is 42.6. The molecule has 0 saturated carbocycles. The van der Waals surface area contributed by atoms with Crippen LogP contribution in [0.2, 0.25) is 5.02 Å². The van der Waals surface area contributed by atoms with Crippen molar-refractivity contribution in [2.75, 3.05) is 24.5 Å². The number of halogens is 1. The summed E-state index contributed by atoms with van der Waals surface area (Å²) in [6.07, 6.45) is 6.00. The van der Waals surface area contributed by atoms with Crippen LogP contribution in [0.25, 0.3) is 11.0 Å². The van der Waals surface area contributed by atoms with Gasteiger partial charge in [0.15, 0.2) is 11.2 Å². The summed E-state index contributed by atoms with van der Waals surface area (Å²) in [7, 11) is 0. The number of carbonyl (C=O) groups is 2. The van der Waals surface area contributed by atoms with Crippen LogP contribution in [-0.4, -0.2) is 42.4 Å².